The van der Waals surface area contributed by atoms with Gasteiger partial charge in [-0.2, -0.15) is 0 Å². The predicted octanol–water partition coefficient (Wildman–Crippen LogP) is 2.50. The lowest BCUT2D eigenvalue weighted by molar-refractivity contribution is -0.307. The van der Waals surface area contributed by atoms with Gasteiger partial charge in [-0.05, 0) is 16.7 Å². The van der Waals surface area contributed by atoms with Crippen LogP contribution in [0.5, 0.6) is 0 Å². The Morgan fingerprint density at radius 1 is 0.815 bits per heavy atom. The highest BCUT2D eigenvalue weighted by Crippen LogP contribution is 2.40. The van der Waals surface area contributed by atoms with E-state index in [1.54, 1.807) is 0 Å². The Morgan fingerprint density at radius 2 is 1.19 bits per heavy atom. The van der Waals surface area contributed by atoms with Gasteiger partial charge in [0, 0.05) is 12.4 Å². The fourth-order valence-electron chi connectivity index (χ4n) is 3.24. The molecule has 138 valence electrons. The molecule has 0 fully saturated rings. The Morgan fingerprint density at radius 3 is 1.52 bits per heavy atom. The van der Waals surface area contributed by atoms with Crippen LogP contribution in [0.15, 0.2) is 91.0 Å². The molecule has 0 saturated heterocycles. The molecular weight excluding hydrogens is 340 g/mol. The molecular formula is C23H21O4-. The topological polar surface area (TPSA) is 69.6 Å². The van der Waals surface area contributed by atoms with Gasteiger partial charge in [-0.25, -0.2) is 0 Å². The lowest BCUT2D eigenvalue weighted by atomic mass is 9.80. The first-order valence-corrected chi connectivity index (χ1v) is 8.81. The molecule has 3 aromatic carbocycles. The minimum Gasteiger partial charge on any atom is -0.550 e. The van der Waals surface area contributed by atoms with E-state index in [0.29, 0.717) is 0 Å². The van der Waals surface area contributed by atoms with Crippen molar-refractivity contribution in [3.05, 3.63) is 108 Å². The van der Waals surface area contributed by atoms with Crippen LogP contribution in [0.1, 0.15) is 23.1 Å². The zero-order valence-electron chi connectivity index (χ0n) is 14.8. The standard InChI is InChI=1S/C23H22O4/c24-21(16-22(25)26)17-27-23(18-10-4-1-5-11-18,19-12-6-2-7-13-19)20-14-8-3-9-15-20/h1-15,21,24H,16-17H2,(H,25,26)/p-1. The fourth-order valence-corrected chi connectivity index (χ4v) is 3.24. The summed E-state index contributed by atoms with van der Waals surface area (Å²) in [4.78, 5) is 10.8. The fraction of sp³-hybridized carbons (Fsp3) is 0.174. The van der Waals surface area contributed by atoms with Crippen LogP contribution in [0, 0.1) is 0 Å². The van der Waals surface area contributed by atoms with Gasteiger partial charge < -0.3 is 19.7 Å². The van der Waals surface area contributed by atoms with Crippen molar-refractivity contribution in [1.29, 1.82) is 0 Å². The maximum absolute atomic E-state index is 10.8. The molecule has 0 spiro atoms. The van der Waals surface area contributed by atoms with Crippen molar-refractivity contribution in [3.8, 4) is 0 Å². The van der Waals surface area contributed by atoms with Crippen LogP contribution in [0.2, 0.25) is 0 Å². The number of rotatable bonds is 8. The first-order valence-electron chi connectivity index (χ1n) is 8.81. The molecule has 4 nitrogen and oxygen atoms in total. The Hall–Kier alpha value is -2.95. The number of aliphatic hydroxyl groups is 1. The summed E-state index contributed by atoms with van der Waals surface area (Å²) in [6.45, 7) is -0.146. The average molecular weight is 361 g/mol. The van der Waals surface area contributed by atoms with Crippen molar-refractivity contribution >= 4 is 5.97 Å². The molecule has 3 rings (SSSR count). The molecule has 0 aliphatic heterocycles. The van der Waals surface area contributed by atoms with Crippen LogP contribution in [-0.4, -0.2) is 23.8 Å². The summed E-state index contributed by atoms with van der Waals surface area (Å²) in [5.74, 6) is -1.31. The summed E-state index contributed by atoms with van der Waals surface area (Å²) in [6.07, 6.45) is -1.64. The van der Waals surface area contributed by atoms with Crippen molar-refractivity contribution in [2.75, 3.05) is 6.61 Å². The van der Waals surface area contributed by atoms with E-state index in [-0.39, 0.29) is 6.61 Å². The van der Waals surface area contributed by atoms with E-state index < -0.39 is 24.1 Å². The number of hydrogen-bond acceptors (Lipinski definition) is 4. The van der Waals surface area contributed by atoms with Gasteiger partial charge in [0.05, 0.1) is 12.7 Å². The third-order valence-corrected chi connectivity index (χ3v) is 4.44. The normalized spacial score (nSPS) is 12.5. The molecule has 1 atom stereocenters. The summed E-state index contributed by atoms with van der Waals surface area (Å²) in [6, 6.07) is 29.1. The molecule has 0 radical (unpaired) electrons. The number of carbonyl (C=O) groups is 1. The van der Waals surface area contributed by atoms with Crippen molar-refractivity contribution < 1.29 is 19.7 Å². The highest BCUT2D eigenvalue weighted by Gasteiger charge is 2.37. The number of ether oxygens (including phenoxy) is 1. The van der Waals surface area contributed by atoms with Gasteiger partial charge in [-0.15, -0.1) is 0 Å². The van der Waals surface area contributed by atoms with E-state index in [1.165, 1.54) is 0 Å². The molecule has 1 unspecified atom stereocenters. The Balaban J connectivity index is 2.12. The van der Waals surface area contributed by atoms with Crippen LogP contribution in [0.4, 0.5) is 0 Å². The first-order chi connectivity index (χ1) is 13.1. The number of aliphatic hydroxyl groups excluding tert-OH is 1. The Labute approximate surface area is 158 Å². The van der Waals surface area contributed by atoms with Crippen LogP contribution < -0.4 is 5.11 Å². The zero-order valence-corrected chi connectivity index (χ0v) is 14.8. The summed E-state index contributed by atoms with van der Waals surface area (Å²) in [7, 11) is 0. The molecule has 4 heteroatoms. The van der Waals surface area contributed by atoms with Crippen molar-refractivity contribution in [1.82, 2.24) is 0 Å². The number of aliphatic carboxylic acids is 1. The van der Waals surface area contributed by atoms with E-state index in [2.05, 4.69) is 0 Å². The van der Waals surface area contributed by atoms with Gasteiger partial charge in [0.1, 0.15) is 5.60 Å². The van der Waals surface area contributed by atoms with Crippen LogP contribution in [-0.2, 0) is 15.1 Å². The second kappa shape index (κ2) is 8.62. The second-order valence-corrected chi connectivity index (χ2v) is 6.32. The molecule has 0 aliphatic rings. The lowest BCUT2D eigenvalue weighted by Gasteiger charge is -2.36. The van der Waals surface area contributed by atoms with Crippen LogP contribution >= 0.6 is 0 Å². The highest BCUT2D eigenvalue weighted by atomic mass is 16.5. The van der Waals surface area contributed by atoms with Crippen LogP contribution in [0.3, 0.4) is 0 Å². The molecule has 0 aromatic heterocycles. The average Bonchev–Trinajstić information content (AvgIpc) is 2.70. The first kappa shape index (κ1) is 18.8. The minimum atomic E-state index is -1.31. The Kier molecular flexibility index (Phi) is 6.01. The lowest BCUT2D eigenvalue weighted by Crippen LogP contribution is -2.37. The van der Waals surface area contributed by atoms with Crippen molar-refractivity contribution in [3.63, 3.8) is 0 Å². The molecule has 0 saturated carbocycles. The van der Waals surface area contributed by atoms with Gasteiger partial charge in [0.15, 0.2) is 0 Å². The quantitative estimate of drug-likeness (QED) is 0.626. The third kappa shape index (κ3) is 4.25. The summed E-state index contributed by atoms with van der Waals surface area (Å²) in [5, 5.41) is 20.9. The van der Waals surface area contributed by atoms with E-state index in [4.69, 9.17) is 4.74 Å². The second-order valence-electron chi connectivity index (χ2n) is 6.32. The van der Waals surface area contributed by atoms with Gasteiger partial charge in [-0.1, -0.05) is 91.0 Å². The summed E-state index contributed by atoms with van der Waals surface area (Å²) < 4.78 is 6.31. The van der Waals surface area contributed by atoms with Gasteiger partial charge in [0.2, 0.25) is 0 Å². The molecule has 0 heterocycles. The number of carboxylic acids is 1. The van der Waals surface area contributed by atoms with Gasteiger partial charge in [-0.3, -0.25) is 0 Å². The maximum atomic E-state index is 10.8. The smallest absolute Gasteiger partial charge is 0.143 e. The number of carboxylic acid groups (broad SMARTS) is 1. The molecule has 0 amide bonds. The van der Waals surface area contributed by atoms with E-state index in [1.807, 2.05) is 91.0 Å². The van der Waals surface area contributed by atoms with Crippen molar-refractivity contribution in [2.45, 2.75) is 18.1 Å². The van der Waals surface area contributed by atoms with Gasteiger partial charge in [0.25, 0.3) is 0 Å². The molecule has 0 bridgehead atoms. The van der Waals surface area contributed by atoms with E-state index in [0.717, 1.165) is 16.7 Å². The number of carbonyl (C=O) groups excluding carboxylic acids is 1. The molecule has 0 aliphatic carbocycles. The monoisotopic (exact) mass is 361 g/mol. The number of hydrogen-bond donors (Lipinski definition) is 1. The molecule has 3 aromatic rings. The SMILES string of the molecule is O=C([O-])CC(O)COC(c1ccccc1)(c1ccccc1)c1ccccc1. The van der Waals surface area contributed by atoms with Crippen LogP contribution in [0.25, 0.3) is 0 Å². The summed E-state index contributed by atoms with van der Waals surface area (Å²) in [5.41, 5.74) is 1.70. The van der Waals surface area contributed by atoms with E-state index in [9.17, 15) is 15.0 Å². The van der Waals surface area contributed by atoms with E-state index >= 15 is 0 Å². The number of benzene rings is 3. The highest BCUT2D eigenvalue weighted by molar-refractivity contribution is 5.64. The maximum Gasteiger partial charge on any atom is 0.143 e. The summed E-state index contributed by atoms with van der Waals surface area (Å²) >= 11 is 0. The molecule has 27 heavy (non-hydrogen) atoms. The largest absolute Gasteiger partial charge is 0.550 e. The zero-order chi connectivity index (χ0) is 19.1. The Bertz CT molecular complexity index is 751. The predicted molar refractivity (Wildman–Crippen MR) is 101 cm³/mol. The molecule has 1 N–H and O–H groups in total. The van der Waals surface area contributed by atoms with Crippen molar-refractivity contribution in [2.24, 2.45) is 0 Å². The minimum absolute atomic E-state index is 0.146. The third-order valence-electron chi connectivity index (χ3n) is 4.44. The van der Waals surface area contributed by atoms with Gasteiger partial charge >= 0.3 is 0 Å².